The Labute approximate surface area is 128 Å². The fourth-order valence-corrected chi connectivity index (χ4v) is 2.25. The Kier molecular flexibility index (Phi) is 7.23. The van der Waals surface area contributed by atoms with Gasteiger partial charge in [0, 0.05) is 24.2 Å². The highest BCUT2D eigenvalue weighted by atomic mass is 16.3. The summed E-state index contributed by atoms with van der Waals surface area (Å²) < 4.78 is 0. The smallest absolute Gasteiger partial charge is 0.224 e. The molecule has 0 saturated carbocycles. The highest BCUT2D eigenvalue weighted by Gasteiger charge is 2.24. The average Bonchev–Trinajstić information content (AvgIpc) is 2.51. The molecule has 0 spiro atoms. The van der Waals surface area contributed by atoms with Crippen LogP contribution >= 0.6 is 0 Å². The van der Waals surface area contributed by atoms with Crippen LogP contribution in [0.2, 0.25) is 0 Å². The molecule has 4 heteroatoms. The Bertz CT molecular complexity index is 417. The van der Waals surface area contributed by atoms with E-state index in [2.05, 4.69) is 24.5 Å². The lowest BCUT2D eigenvalue weighted by Crippen LogP contribution is -2.32. The van der Waals surface area contributed by atoms with E-state index in [-0.39, 0.29) is 17.9 Å². The molecule has 1 amide bonds. The van der Waals surface area contributed by atoms with Crippen molar-refractivity contribution in [2.45, 2.75) is 40.0 Å². The topological polar surface area (TPSA) is 61.4 Å². The van der Waals surface area contributed by atoms with E-state index in [0.29, 0.717) is 13.0 Å². The molecule has 118 valence electrons. The summed E-state index contributed by atoms with van der Waals surface area (Å²) in [6.07, 6.45) is 2.31. The van der Waals surface area contributed by atoms with Crippen molar-refractivity contribution in [3.63, 3.8) is 0 Å². The molecule has 0 aliphatic heterocycles. The summed E-state index contributed by atoms with van der Waals surface area (Å²) >= 11 is 0. The molecule has 0 bridgehead atoms. The van der Waals surface area contributed by atoms with Gasteiger partial charge in [0.1, 0.15) is 0 Å². The Morgan fingerprint density at radius 3 is 2.24 bits per heavy atom. The van der Waals surface area contributed by atoms with Crippen molar-refractivity contribution < 1.29 is 9.90 Å². The maximum Gasteiger partial charge on any atom is 0.224 e. The summed E-state index contributed by atoms with van der Waals surface area (Å²) in [4.78, 5) is 11.5. The van der Waals surface area contributed by atoms with E-state index in [4.69, 9.17) is 0 Å². The molecule has 0 atom stereocenters. The molecular weight excluding hydrogens is 264 g/mol. The minimum atomic E-state index is -0.0559. The van der Waals surface area contributed by atoms with E-state index in [0.717, 1.165) is 30.6 Å². The molecule has 0 aliphatic rings. The molecule has 0 radical (unpaired) electrons. The predicted molar refractivity (Wildman–Crippen MR) is 87.4 cm³/mol. The summed E-state index contributed by atoms with van der Waals surface area (Å²) in [6, 6.07) is 7.91. The molecule has 21 heavy (non-hydrogen) atoms. The van der Waals surface area contributed by atoms with Crippen molar-refractivity contribution in [3.8, 4) is 0 Å². The van der Waals surface area contributed by atoms with Gasteiger partial charge in [0.2, 0.25) is 5.91 Å². The van der Waals surface area contributed by atoms with Gasteiger partial charge in [-0.3, -0.25) is 4.79 Å². The number of rotatable bonds is 9. The van der Waals surface area contributed by atoms with Gasteiger partial charge in [0.05, 0.1) is 13.0 Å². The normalized spacial score (nSPS) is 11.2. The van der Waals surface area contributed by atoms with Crippen LogP contribution in [0.15, 0.2) is 24.3 Å². The van der Waals surface area contributed by atoms with Crippen LogP contribution in [0.5, 0.6) is 0 Å². The van der Waals surface area contributed by atoms with Gasteiger partial charge in [-0.05, 0) is 37.5 Å². The van der Waals surface area contributed by atoms with Crippen LogP contribution in [0.4, 0.5) is 5.69 Å². The number of likely N-dealkylation sites (N-methyl/N-ethyl adjacent to an activating group) is 1. The van der Waals surface area contributed by atoms with Gasteiger partial charge < -0.3 is 15.7 Å². The lowest BCUT2D eigenvalue weighted by atomic mass is 9.83. The highest BCUT2D eigenvalue weighted by molar-refractivity contribution is 5.78. The Morgan fingerprint density at radius 2 is 1.76 bits per heavy atom. The van der Waals surface area contributed by atoms with Crippen molar-refractivity contribution in [2.24, 2.45) is 5.41 Å². The van der Waals surface area contributed by atoms with Crippen molar-refractivity contribution in [2.75, 3.05) is 25.0 Å². The first-order valence-corrected chi connectivity index (χ1v) is 7.79. The summed E-state index contributed by atoms with van der Waals surface area (Å²) in [5.41, 5.74) is 1.97. The SMILES string of the molecule is CCNC(=O)Cc1ccc(NCC(CC)(CC)CO)cc1. The van der Waals surface area contributed by atoms with Crippen LogP contribution in [0.25, 0.3) is 0 Å². The molecule has 3 N–H and O–H groups in total. The Hall–Kier alpha value is -1.55. The van der Waals surface area contributed by atoms with E-state index in [9.17, 15) is 9.90 Å². The second kappa shape index (κ2) is 8.67. The van der Waals surface area contributed by atoms with E-state index >= 15 is 0 Å². The minimum Gasteiger partial charge on any atom is -0.396 e. The highest BCUT2D eigenvalue weighted by Crippen LogP contribution is 2.26. The fraction of sp³-hybridized carbons (Fsp3) is 0.588. The molecule has 0 heterocycles. The van der Waals surface area contributed by atoms with Crippen molar-refractivity contribution in [1.82, 2.24) is 5.32 Å². The van der Waals surface area contributed by atoms with Crippen molar-refractivity contribution in [1.29, 1.82) is 0 Å². The third-order valence-electron chi connectivity index (χ3n) is 4.20. The number of hydrogen-bond donors (Lipinski definition) is 3. The number of aliphatic hydroxyl groups excluding tert-OH is 1. The van der Waals surface area contributed by atoms with Crippen LogP contribution in [0.1, 0.15) is 39.2 Å². The quantitative estimate of drug-likeness (QED) is 0.655. The Morgan fingerprint density at radius 1 is 1.14 bits per heavy atom. The monoisotopic (exact) mass is 292 g/mol. The second-order valence-electron chi connectivity index (χ2n) is 5.55. The predicted octanol–water partition coefficient (Wildman–Crippen LogP) is 2.58. The van der Waals surface area contributed by atoms with E-state index in [1.165, 1.54) is 0 Å². The number of benzene rings is 1. The first-order valence-electron chi connectivity index (χ1n) is 7.79. The van der Waals surface area contributed by atoms with Gasteiger partial charge in [0.15, 0.2) is 0 Å². The van der Waals surface area contributed by atoms with Gasteiger partial charge >= 0.3 is 0 Å². The van der Waals surface area contributed by atoms with Gasteiger partial charge in [-0.25, -0.2) is 0 Å². The molecule has 0 saturated heterocycles. The molecule has 0 fully saturated rings. The van der Waals surface area contributed by atoms with Gasteiger partial charge in [-0.1, -0.05) is 26.0 Å². The third-order valence-corrected chi connectivity index (χ3v) is 4.20. The average molecular weight is 292 g/mol. The molecule has 4 nitrogen and oxygen atoms in total. The number of carbonyl (C=O) groups is 1. The molecule has 0 aromatic heterocycles. The van der Waals surface area contributed by atoms with Crippen LogP contribution < -0.4 is 10.6 Å². The van der Waals surface area contributed by atoms with E-state index < -0.39 is 0 Å². The third kappa shape index (κ3) is 5.38. The van der Waals surface area contributed by atoms with Crippen LogP contribution in [0, 0.1) is 5.41 Å². The number of anilines is 1. The molecule has 0 aliphatic carbocycles. The first-order chi connectivity index (χ1) is 10.1. The lowest BCUT2D eigenvalue weighted by Gasteiger charge is -2.30. The van der Waals surface area contributed by atoms with E-state index in [1.807, 2.05) is 31.2 Å². The number of carbonyl (C=O) groups excluding carboxylic acids is 1. The molecular formula is C17H28N2O2. The molecule has 1 rings (SSSR count). The number of amides is 1. The lowest BCUT2D eigenvalue weighted by molar-refractivity contribution is -0.120. The summed E-state index contributed by atoms with van der Waals surface area (Å²) in [7, 11) is 0. The maximum atomic E-state index is 11.5. The van der Waals surface area contributed by atoms with Crippen molar-refractivity contribution >= 4 is 11.6 Å². The second-order valence-corrected chi connectivity index (χ2v) is 5.55. The van der Waals surface area contributed by atoms with Gasteiger partial charge in [-0.15, -0.1) is 0 Å². The van der Waals surface area contributed by atoms with E-state index in [1.54, 1.807) is 0 Å². The summed E-state index contributed by atoms with van der Waals surface area (Å²) in [5, 5.41) is 15.7. The summed E-state index contributed by atoms with van der Waals surface area (Å²) in [6.45, 7) is 7.75. The fourth-order valence-electron chi connectivity index (χ4n) is 2.25. The largest absolute Gasteiger partial charge is 0.396 e. The zero-order valence-corrected chi connectivity index (χ0v) is 13.4. The Balaban J connectivity index is 2.56. The van der Waals surface area contributed by atoms with Crippen LogP contribution in [-0.2, 0) is 11.2 Å². The van der Waals surface area contributed by atoms with Gasteiger partial charge in [-0.2, -0.15) is 0 Å². The number of nitrogens with one attached hydrogen (secondary N) is 2. The van der Waals surface area contributed by atoms with Crippen molar-refractivity contribution in [3.05, 3.63) is 29.8 Å². The number of hydrogen-bond acceptors (Lipinski definition) is 3. The van der Waals surface area contributed by atoms with Crippen LogP contribution in [0.3, 0.4) is 0 Å². The molecule has 0 unspecified atom stereocenters. The van der Waals surface area contributed by atoms with Crippen LogP contribution in [-0.4, -0.2) is 30.7 Å². The maximum absolute atomic E-state index is 11.5. The zero-order chi connectivity index (χ0) is 15.7. The standard InChI is InChI=1S/C17H28N2O2/c1-4-17(5-2,13-20)12-19-15-9-7-14(8-10-15)11-16(21)18-6-3/h7-10,19-20H,4-6,11-13H2,1-3H3,(H,18,21). The molecule has 1 aromatic rings. The first kappa shape index (κ1) is 17.5. The minimum absolute atomic E-state index is 0.0504. The molecule has 1 aromatic carbocycles. The zero-order valence-electron chi connectivity index (χ0n) is 13.4. The summed E-state index contributed by atoms with van der Waals surface area (Å²) in [5.74, 6) is 0.0504. The number of aliphatic hydroxyl groups is 1. The van der Waals surface area contributed by atoms with Gasteiger partial charge in [0.25, 0.3) is 0 Å².